The van der Waals surface area contributed by atoms with Crippen molar-refractivity contribution >= 4 is 10.0 Å². The van der Waals surface area contributed by atoms with Gasteiger partial charge in [0.1, 0.15) is 0 Å². The van der Waals surface area contributed by atoms with E-state index in [-0.39, 0.29) is 18.0 Å². The maximum atomic E-state index is 12.5. The SMILES string of the molecule is C#CC1[C@@H](C)N(S(=O)(=O)c2ccc(C)cc2)[C@H]1C. The minimum atomic E-state index is -3.42. The Hall–Kier alpha value is -1.31. The van der Waals surface area contributed by atoms with E-state index in [1.165, 1.54) is 4.31 Å². The molecule has 0 saturated carbocycles. The number of nitrogens with zero attached hydrogens (tertiary/aromatic N) is 1. The number of hydrogen-bond acceptors (Lipinski definition) is 2. The molecule has 0 amide bonds. The van der Waals surface area contributed by atoms with E-state index in [0.717, 1.165) is 5.56 Å². The van der Waals surface area contributed by atoms with Crippen LogP contribution in [-0.4, -0.2) is 24.8 Å². The van der Waals surface area contributed by atoms with E-state index in [0.29, 0.717) is 4.90 Å². The van der Waals surface area contributed by atoms with Gasteiger partial charge < -0.3 is 0 Å². The molecule has 1 saturated heterocycles. The van der Waals surface area contributed by atoms with E-state index in [1.54, 1.807) is 24.3 Å². The Morgan fingerprint density at radius 3 is 2.11 bits per heavy atom. The molecule has 3 nitrogen and oxygen atoms in total. The molecule has 96 valence electrons. The third kappa shape index (κ3) is 1.84. The van der Waals surface area contributed by atoms with Crippen molar-refractivity contribution in [3.05, 3.63) is 29.8 Å². The second-order valence-electron chi connectivity index (χ2n) is 4.82. The molecule has 1 aliphatic rings. The van der Waals surface area contributed by atoms with Crippen LogP contribution in [0.5, 0.6) is 0 Å². The van der Waals surface area contributed by atoms with Crippen molar-refractivity contribution < 1.29 is 8.42 Å². The van der Waals surface area contributed by atoms with Crippen molar-refractivity contribution in [1.29, 1.82) is 0 Å². The molecule has 4 heteroatoms. The summed E-state index contributed by atoms with van der Waals surface area (Å²) in [5.74, 6) is 2.66. The number of aryl methyl sites for hydroxylation is 1. The molecule has 18 heavy (non-hydrogen) atoms. The molecule has 2 rings (SSSR count). The highest BCUT2D eigenvalue weighted by Gasteiger charge is 2.49. The normalized spacial score (nSPS) is 28.4. The second kappa shape index (κ2) is 4.42. The molecule has 1 fully saturated rings. The van der Waals surface area contributed by atoms with Crippen LogP contribution < -0.4 is 0 Å². The standard InChI is InChI=1S/C14H17NO2S/c1-5-14-11(3)15(12(14)4)18(16,17)13-8-6-10(2)7-9-13/h1,6-9,11-12,14H,2-4H3/t11-,12+,14?. The molecule has 1 heterocycles. The number of rotatable bonds is 2. The average Bonchev–Trinajstić information content (AvgIpc) is 2.29. The molecule has 3 atom stereocenters. The van der Waals surface area contributed by atoms with E-state index in [2.05, 4.69) is 5.92 Å². The van der Waals surface area contributed by atoms with Crippen molar-refractivity contribution in [3.63, 3.8) is 0 Å². The van der Waals surface area contributed by atoms with Gasteiger partial charge in [-0.15, -0.1) is 6.42 Å². The van der Waals surface area contributed by atoms with Crippen LogP contribution in [0.4, 0.5) is 0 Å². The molecule has 0 bridgehead atoms. The van der Waals surface area contributed by atoms with Gasteiger partial charge in [-0.2, -0.15) is 4.31 Å². The van der Waals surface area contributed by atoms with Crippen LogP contribution in [-0.2, 0) is 10.0 Å². The minimum absolute atomic E-state index is 0.00484. The molecular weight excluding hydrogens is 246 g/mol. The van der Waals surface area contributed by atoms with Gasteiger partial charge in [0.15, 0.2) is 0 Å². The zero-order valence-electron chi connectivity index (χ0n) is 10.8. The average molecular weight is 263 g/mol. The summed E-state index contributed by atoms with van der Waals surface area (Å²) in [5.41, 5.74) is 1.04. The number of sulfonamides is 1. The van der Waals surface area contributed by atoms with Gasteiger partial charge in [-0.1, -0.05) is 23.6 Å². The summed E-state index contributed by atoms with van der Waals surface area (Å²) in [6.45, 7) is 5.65. The fraction of sp³-hybridized carbons (Fsp3) is 0.429. The summed E-state index contributed by atoms with van der Waals surface area (Å²) < 4.78 is 26.4. The fourth-order valence-corrected chi connectivity index (χ4v) is 4.40. The number of hydrogen-bond donors (Lipinski definition) is 0. The molecular formula is C14H17NO2S. The predicted octanol–water partition coefficient (Wildman–Crippen LogP) is 2.03. The van der Waals surface area contributed by atoms with Crippen molar-refractivity contribution in [1.82, 2.24) is 4.31 Å². The molecule has 0 N–H and O–H groups in total. The van der Waals surface area contributed by atoms with E-state index in [4.69, 9.17) is 6.42 Å². The van der Waals surface area contributed by atoms with E-state index in [9.17, 15) is 8.42 Å². The Labute approximate surface area is 109 Å². The van der Waals surface area contributed by atoms with Crippen LogP contribution in [0.3, 0.4) is 0 Å². The molecule has 1 aliphatic heterocycles. The van der Waals surface area contributed by atoms with Crippen LogP contribution >= 0.6 is 0 Å². The summed E-state index contributed by atoms with van der Waals surface area (Å²) >= 11 is 0. The topological polar surface area (TPSA) is 37.4 Å². The number of terminal acetylenes is 1. The highest BCUT2D eigenvalue weighted by molar-refractivity contribution is 7.89. The summed E-state index contributed by atoms with van der Waals surface area (Å²) in [6, 6.07) is 6.65. The smallest absolute Gasteiger partial charge is 0.207 e. The van der Waals surface area contributed by atoms with Gasteiger partial charge in [0.25, 0.3) is 0 Å². The monoisotopic (exact) mass is 263 g/mol. The van der Waals surface area contributed by atoms with Crippen molar-refractivity contribution in [2.45, 2.75) is 37.8 Å². The maximum absolute atomic E-state index is 12.5. The quantitative estimate of drug-likeness (QED) is 0.766. The molecule has 0 spiro atoms. The number of benzene rings is 1. The summed E-state index contributed by atoms with van der Waals surface area (Å²) in [6.07, 6.45) is 5.41. The molecule has 0 aromatic heterocycles. The van der Waals surface area contributed by atoms with Gasteiger partial charge in [0, 0.05) is 12.1 Å². The first-order chi connectivity index (χ1) is 8.39. The second-order valence-corrected chi connectivity index (χ2v) is 6.66. The molecule has 1 aromatic rings. The van der Waals surface area contributed by atoms with Crippen molar-refractivity contribution in [2.24, 2.45) is 5.92 Å². The van der Waals surface area contributed by atoms with Gasteiger partial charge >= 0.3 is 0 Å². The van der Waals surface area contributed by atoms with Crippen LogP contribution in [0.15, 0.2) is 29.2 Å². The summed E-state index contributed by atoms with van der Waals surface area (Å²) in [4.78, 5) is 0.335. The zero-order valence-corrected chi connectivity index (χ0v) is 11.6. The first-order valence-corrected chi connectivity index (χ1v) is 7.40. The van der Waals surface area contributed by atoms with E-state index in [1.807, 2.05) is 20.8 Å². The summed E-state index contributed by atoms with van der Waals surface area (Å²) in [7, 11) is -3.42. The first-order valence-electron chi connectivity index (χ1n) is 5.96. The fourth-order valence-electron chi connectivity index (χ4n) is 2.54. The van der Waals surface area contributed by atoms with Crippen molar-refractivity contribution in [2.75, 3.05) is 0 Å². The lowest BCUT2D eigenvalue weighted by Gasteiger charge is -2.48. The highest BCUT2D eigenvalue weighted by Crippen LogP contribution is 2.36. The molecule has 1 aromatic carbocycles. The van der Waals surface area contributed by atoms with Crippen LogP contribution in [0.2, 0.25) is 0 Å². The molecule has 0 radical (unpaired) electrons. The van der Waals surface area contributed by atoms with Gasteiger partial charge in [-0.25, -0.2) is 8.42 Å². The Morgan fingerprint density at radius 1 is 1.17 bits per heavy atom. The van der Waals surface area contributed by atoms with Gasteiger partial charge in [-0.05, 0) is 32.9 Å². The Kier molecular flexibility index (Phi) is 3.22. The van der Waals surface area contributed by atoms with E-state index < -0.39 is 10.0 Å². The highest BCUT2D eigenvalue weighted by atomic mass is 32.2. The lowest BCUT2D eigenvalue weighted by Crippen LogP contribution is -2.62. The van der Waals surface area contributed by atoms with E-state index >= 15 is 0 Å². The third-order valence-electron chi connectivity index (χ3n) is 3.63. The minimum Gasteiger partial charge on any atom is -0.207 e. The largest absolute Gasteiger partial charge is 0.243 e. The Balaban J connectivity index is 2.34. The van der Waals surface area contributed by atoms with Crippen LogP contribution in [0.1, 0.15) is 19.4 Å². The Bertz CT molecular complexity index is 573. The van der Waals surface area contributed by atoms with Crippen molar-refractivity contribution in [3.8, 4) is 12.3 Å². The lowest BCUT2D eigenvalue weighted by molar-refractivity contribution is 0.0845. The van der Waals surface area contributed by atoms with Gasteiger partial charge in [0.05, 0.1) is 10.8 Å². The third-order valence-corrected chi connectivity index (χ3v) is 5.72. The van der Waals surface area contributed by atoms with Crippen LogP contribution in [0, 0.1) is 25.2 Å². The Morgan fingerprint density at radius 2 is 1.67 bits per heavy atom. The lowest BCUT2D eigenvalue weighted by atomic mass is 9.86. The van der Waals surface area contributed by atoms with Gasteiger partial charge in [-0.3, -0.25) is 0 Å². The maximum Gasteiger partial charge on any atom is 0.243 e. The first kappa shape index (κ1) is 13.1. The van der Waals surface area contributed by atoms with Crippen LogP contribution in [0.25, 0.3) is 0 Å². The molecule has 1 unspecified atom stereocenters. The molecule has 0 aliphatic carbocycles. The van der Waals surface area contributed by atoms with Gasteiger partial charge in [0.2, 0.25) is 10.0 Å². The summed E-state index contributed by atoms with van der Waals surface area (Å²) in [5, 5.41) is 0. The predicted molar refractivity (Wildman–Crippen MR) is 71.5 cm³/mol. The zero-order chi connectivity index (χ0) is 13.5.